The molecule has 0 radical (unpaired) electrons. The molecular weight excluding hydrogens is 276 g/mol. The Morgan fingerprint density at radius 3 is 2.81 bits per heavy atom. The molecule has 0 fully saturated rings. The molecule has 1 rings (SSSR count). The second kappa shape index (κ2) is 8.47. The Labute approximate surface area is 121 Å². The van der Waals surface area contributed by atoms with Gasteiger partial charge in [0.1, 0.15) is 6.04 Å². The van der Waals surface area contributed by atoms with Crippen LogP contribution in [-0.4, -0.2) is 41.1 Å². The van der Waals surface area contributed by atoms with Gasteiger partial charge in [-0.1, -0.05) is 6.07 Å². The smallest absolute Gasteiger partial charge is 0.326 e. The number of nitrogens with zero attached hydrogens (tertiary/aromatic N) is 1. The summed E-state index contributed by atoms with van der Waals surface area (Å²) in [5.74, 6) is -2.29. The fourth-order valence-corrected chi connectivity index (χ4v) is 1.49. The van der Waals surface area contributed by atoms with Crippen molar-refractivity contribution in [3.8, 4) is 0 Å². The Hall–Kier alpha value is -2.70. The van der Waals surface area contributed by atoms with Gasteiger partial charge in [0, 0.05) is 24.9 Å². The Morgan fingerprint density at radius 1 is 1.48 bits per heavy atom. The molecule has 1 aromatic rings. The molecule has 7 nitrogen and oxygen atoms in total. The minimum absolute atomic E-state index is 0.0333. The Bertz CT molecular complexity index is 527. The molecule has 0 spiro atoms. The van der Waals surface area contributed by atoms with Crippen molar-refractivity contribution in [1.82, 2.24) is 10.3 Å². The maximum atomic E-state index is 11.6. The van der Waals surface area contributed by atoms with Gasteiger partial charge in [-0.05, 0) is 24.1 Å². The van der Waals surface area contributed by atoms with E-state index in [1.165, 1.54) is 19.3 Å². The normalized spacial score (nSPS) is 11.9. The largest absolute Gasteiger partial charge is 0.480 e. The summed E-state index contributed by atoms with van der Waals surface area (Å²) in [5, 5.41) is 11.3. The van der Waals surface area contributed by atoms with Crippen molar-refractivity contribution >= 4 is 23.9 Å². The number of rotatable bonds is 7. The van der Waals surface area contributed by atoms with Gasteiger partial charge in [-0.25, -0.2) is 4.79 Å². The van der Waals surface area contributed by atoms with E-state index in [-0.39, 0.29) is 12.8 Å². The van der Waals surface area contributed by atoms with E-state index in [2.05, 4.69) is 15.0 Å². The van der Waals surface area contributed by atoms with Crippen molar-refractivity contribution in [3.05, 3.63) is 36.2 Å². The number of ether oxygens (including phenoxy) is 1. The number of aliphatic carboxylic acids is 1. The zero-order valence-electron chi connectivity index (χ0n) is 11.5. The van der Waals surface area contributed by atoms with Crippen LogP contribution in [0.1, 0.15) is 18.4 Å². The molecule has 1 heterocycles. The lowest BCUT2D eigenvalue weighted by molar-refractivity contribution is -0.143. The molecule has 0 unspecified atom stereocenters. The number of carboxylic acid groups (broad SMARTS) is 1. The van der Waals surface area contributed by atoms with Crippen LogP contribution in [0.4, 0.5) is 0 Å². The summed E-state index contributed by atoms with van der Waals surface area (Å²) in [5.41, 5.74) is 0.717. The summed E-state index contributed by atoms with van der Waals surface area (Å²) in [6.07, 6.45) is 5.78. The number of methoxy groups -OCH3 is 1. The molecule has 2 N–H and O–H groups in total. The number of carbonyl (C=O) groups is 3. The van der Waals surface area contributed by atoms with Crippen LogP contribution < -0.4 is 5.32 Å². The molecule has 0 saturated heterocycles. The summed E-state index contributed by atoms with van der Waals surface area (Å²) < 4.78 is 4.43. The van der Waals surface area contributed by atoms with Gasteiger partial charge in [0.15, 0.2) is 0 Å². The molecule has 0 saturated carbocycles. The van der Waals surface area contributed by atoms with Gasteiger partial charge in [0.2, 0.25) is 5.91 Å². The van der Waals surface area contributed by atoms with Crippen LogP contribution in [0.5, 0.6) is 0 Å². The number of esters is 1. The molecule has 0 aromatic carbocycles. The van der Waals surface area contributed by atoms with Gasteiger partial charge in [0.05, 0.1) is 7.11 Å². The van der Waals surface area contributed by atoms with Crippen LogP contribution in [0.15, 0.2) is 30.6 Å². The standard InChI is InChI=1S/C14H16N2O5/c1-21-13(18)7-5-11(14(19)20)16-12(17)6-4-10-3-2-8-15-9-10/h2-4,6,8-9,11H,5,7H2,1H3,(H,16,17)(H,19,20)/b6-4+/t11-/m1/s1. The predicted molar refractivity (Wildman–Crippen MR) is 74.1 cm³/mol. The minimum Gasteiger partial charge on any atom is -0.480 e. The topological polar surface area (TPSA) is 106 Å². The lowest BCUT2D eigenvalue weighted by Crippen LogP contribution is -2.40. The highest BCUT2D eigenvalue weighted by molar-refractivity contribution is 5.94. The highest BCUT2D eigenvalue weighted by atomic mass is 16.5. The number of carboxylic acids is 1. The Kier molecular flexibility index (Phi) is 6.59. The molecule has 7 heteroatoms. The monoisotopic (exact) mass is 292 g/mol. The number of aromatic nitrogens is 1. The maximum Gasteiger partial charge on any atom is 0.326 e. The van der Waals surface area contributed by atoms with Gasteiger partial charge in [-0.2, -0.15) is 0 Å². The number of nitrogens with one attached hydrogen (secondary N) is 1. The van der Waals surface area contributed by atoms with Crippen LogP contribution in [0.25, 0.3) is 6.08 Å². The zero-order chi connectivity index (χ0) is 15.7. The van der Waals surface area contributed by atoms with E-state index < -0.39 is 23.9 Å². The maximum absolute atomic E-state index is 11.6. The van der Waals surface area contributed by atoms with Crippen molar-refractivity contribution in [1.29, 1.82) is 0 Å². The minimum atomic E-state index is -1.21. The SMILES string of the molecule is COC(=O)CC[C@@H](NC(=O)/C=C/c1cccnc1)C(=O)O. The number of carbonyl (C=O) groups excluding carboxylic acids is 2. The molecular formula is C14H16N2O5. The fourth-order valence-electron chi connectivity index (χ4n) is 1.49. The first-order valence-electron chi connectivity index (χ1n) is 6.21. The van der Waals surface area contributed by atoms with Crippen molar-refractivity contribution in [2.24, 2.45) is 0 Å². The highest BCUT2D eigenvalue weighted by Gasteiger charge is 2.20. The number of hydrogen-bond acceptors (Lipinski definition) is 5. The third-order valence-electron chi connectivity index (χ3n) is 2.59. The lowest BCUT2D eigenvalue weighted by atomic mass is 10.1. The van der Waals surface area contributed by atoms with Gasteiger partial charge >= 0.3 is 11.9 Å². The van der Waals surface area contributed by atoms with E-state index >= 15 is 0 Å². The van der Waals surface area contributed by atoms with Crippen molar-refractivity contribution in [2.75, 3.05) is 7.11 Å². The fraction of sp³-hybridized carbons (Fsp3) is 0.286. The molecule has 0 bridgehead atoms. The number of hydrogen-bond donors (Lipinski definition) is 2. The van der Waals surface area contributed by atoms with Crippen molar-refractivity contribution in [3.63, 3.8) is 0 Å². The van der Waals surface area contributed by atoms with Gasteiger partial charge in [-0.15, -0.1) is 0 Å². The predicted octanol–water partition coefficient (Wildman–Crippen LogP) is 0.617. The van der Waals surface area contributed by atoms with Crippen LogP contribution in [0.3, 0.4) is 0 Å². The van der Waals surface area contributed by atoms with Crippen LogP contribution in [0.2, 0.25) is 0 Å². The average molecular weight is 292 g/mol. The van der Waals surface area contributed by atoms with Gasteiger partial charge < -0.3 is 15.2 Å². The van der Waals surface area contributed by atoms with Crippen molar-refractivity contribution in [2.45, 2.75) is 18.9 Å². The second-order valence-electron chi connectivity index (χ2n) is 4.13. The van der Waals surface area contributed by atoms with Gasteiger partial charge in [0.25, 0.3) is 0 Å². The first kappa shape index (κ1) is 16.4. The van der Waals surface area contributed by atoms with E-state index in [4.69, 9.17) is 5.11 Å². The summed E-state index contributed by atoms with van der Waals surface area (Å²) in [4.78, 5) is 37.5. The summed E-state index contributed by atoms with van der Waals surface area (Å²) >= 11 is 0. The number of amides is 1. The van der Waals surface area contributed by atoms with E-state index in [0.717, 1.165) is 0 Å². The zero-order valence-corrected chi connectivity index (χ0v) is 11.5. The highest BCUT2D eigenvalue weighted by Crippen LogP contribution is 2.01. The Morgan fingerprint density at radius 2 is 2.24 bits per heavy atom. The van der Waals surface area contributed by atoms with Gasteiger partial charge in [-0.3, -0.25) is 14.6 Å². The average Bonchev–Trinajstić information content (AvgIpc) is 2.49. The van der Waals surface area contributed by atoms with Crippen LogP contribution in [0, 0.1) is 0 Å². The quantitative estimate of drug-likeness (QED) is 0.563. The molecule has 0 aliphatic carbocycles. The first-order chi connectivity index (χ1) is 10.0. The summed E-state index contributed by atoms with van der Waals surface area (Å²) in [7, 11) is 1.22. The third-order valence-corrected chi connectivity index (χ3v) is 2.59. The summed E-state index contributed by atoms with van der Waals surface area (Å²) in [6.45, 7) is 0. The second-order valence-corrected chi connectivity index (χ2v) is 4.13. The van der Waals surface area contributed by atoms with E-state index in [9.17, 15) is 14.4 Å². The van der Waals surface area contributed by atoms with E-state index in [1.54, 1.807) is 24.5 Å². The molecule has 21 heavy (non-hydrogen) atoms. The van der Waals surface area contributed by atoms with Crippen LogP contribution in [-0.2, 0) is 19.1 Å². The molecule has 112 valence electrons. The molecule has 0 aliphatic heterocycles. The summed E-state index contributed by atoms with van der Waals surface area (Å²) in [6, 6.07) is 2.33. The third kappa shape index (κ3) is 6.33. The lowest BCUT2D eigenvalue weighted by Gasteiger charge is -2.12. The van der Waals surface area contributed by atoms with E-state index in [1.807, 2.05) is 0 Å². The van der Waals surface area contributed by atoms with Crippen molar-refractivity contribution < 1.29 is 24.2 Å². The molecule has 1 aromatic heterocycles. The molecule has 1 atom stereocenters. The van der Waals surface area contributed by atoms with Crippen LogP contribution >= 0.6 is 0 Å². The molecule has 1 amide bonds. The Balaban J connectivity index is 2.54. The first-order valence-corrected chi connectivity index (χ1v) is 6.21. The molecule has 0 aliphatic rings. The number of pyridine rings is 1. The van der Waals surface area contributed by atoms with E-state index in [0.29, 0.717) is 5.56 Å².